The lowest BCUT2D eigenvalue weighted by Crippen LogP contribution is -2.35. The molecule has 3 rings (SSSR count). The van der Waals surface area contributed by atoms with Gasteiger partial charge in [-0.15, -0.1) is 0 Å². The lowest BCUT2D eigenvalue weighted by atomic mass is 10.1. The highest BCUT2D eigenvalue weighted by molar-refractivity contribution is 9.10. The molecule has 1 N–H and O–H groups in total. The van der Waals surface area contributed by atoms with E-state index in [9.17, 15) is 4.79 Å². The minimum Gasteiger partial charge on any atom is -0.379 e. The lowest BCUT2D eigenvalue weighted by molar-refractivity contribution is 0.0342. The number of halogens is 1. The van der Waals surface area contributed by atoms with Gasteiger partial charge < -0.3 is 10.1 Å². The smallest absolute Gasteiger partial charge is 0.255 e. The van der Waals surface area contributed by atoms with Crippen LogP contribution in [0.3, 0.4) is 0 Å². The Labute approximate surface area is 144 Å². The molecular weight excluding hydrogens is 356 g/mol. The molecule has 120 valence electrons. The van der Waals surface area contributed by atoms with Crippen LogP contribution in [0.5, 0.6) is 0 Å². The number of rotatable bonds is 4. The molecular formula is C18H19BrN2O2. The van der Waals surface area contributed by atoms with Crippen molar-refractivity contribution in [1.82, 2.24) is 4.90 Å². The van der Waals surface area contributed by atoms with Crippen LogP contribution < -0.4 is 5.32 Å². The molecule has 1 aliphatic heterocycles. The summed E-state index contributed by atoms with van der Waals surface area (Å²) in [6.45, 7) is 4.29. The van der Waals surface area contributed by atoms with E-state index in [4.69, 9.17) is 4.74 Å². The largest absolute Gasteiger partial charge is 0.379 e. The first-order valence-corrected chi connectivity index (χ1v) is 8.46. The van der Waals surface area contributed by atoms with E-state index in [1.165, 1.54) is 0 Å². The molecule has 0 spiro atoms. The summed E-state index contributed by atoms with van der Waals surface area (Å²) < 4.78 is 6.31. The summed E-state index contributed by atoms with van der Waals surface area (Å²) in [5, 5.41) is 2.93. The van der Waals surface area contributed by atoms with Gasteiger partial charge in [0.1, 0.15) is 0 Å². The van der Waals surface area contributed by atoms with Crippen LogP contribution in [0.4, 0.5) is 5.69 Å². The summed E-state index contributed by atoms with van der Waals surface area (Å²) in [7, 11) is 0. The number of amides is 1. The van der Waals surface area contributed by atoms with Gasteiger partial charge in [0.15, 0.2) is 0 Å². The molecule has 4 nitrogen and oxygen atoms in total. The van der Waals surface area contributed by atoms with Crippen LogP contribution in [0.15, 0.2) is 53.0 Å². The SMILES string of the molecule is O=C(Nc1cccc(Br)c1)c1cccc(CN2CCOCC2)c1. The predicted octanol–water partition coefficient (Wildman–Crippen LogP) is 3.53. The van der Waals surface area contributed by atoms with Crippen molar-refractivity contribution >= 4 is 27.5 Å². The van der Waals surface area contributed by atoms with E-state index in [-0.39, 0.29) is 5.91 Å². The Bertz CT molecular complexity index is 684. The molecule has 0 bridgehead atoms. The van der Waals surface area contributed by atoms with E-state index in [0.29, 0.717) is 5.56 Å². The van der Waals surface area contributed by atoms with Gasteiger partial charge in [0.2, 0.25) is 0 Å². The summed E-state index contributed by atoms with van der Waals surface area (Å²) >= 11 is 3.41. The highest BCUT2D eigenvalue weighted by Gasteiger charge is 2.12. The molecule has 1 saturated heterocycles. The first-order valence-electron chi connectivity index (χ1n) is 7.67. The van der Waals surface area contributed by atoms with Crippen molar-refractivity contribution in [2.24, 2.45) is 0 Å². The van der Waals surface area contributed by atoms with Crippen molar-refractivity contribution in [1.29, 1.82) is 0 Å². The number of nitrogens with zero attached hydrogens (tertiary/aromatic N) is 1. The van der Waals surface area contributed by atoms with Gasteiger partial charge in [0.05, 0.1) is 13.2 Å². The van der Waals surface area contributed by atoms with Gasteiger partial charge in [0.25, 0.3) is 5.91 Å². The Balaban J connectivity index is 1.67. The zero-order valence-electron chi connectivity index (χ0n) is 12.8. The third kappa shape index (κ3) is 4.64. The van der Waals surface area contributed by atoms with Crippen molar-refractivity contribution in [3.63, 3.8) is 0 Å². The van der Waals surface area contributed by atoms with Crippen molar-refractivity contribution in [3.05, 3.63) is 64.1 Å². The summed E-state index contributed by atoms with van der Waals surface area (Å²) in [5.74, 6) is -0.0908. The minimum atomic E-state index is -0.0908. The maximum atomic E-state index is 12.4. The molecule has 5 heteroatoms. The molecule has 1 aliphatic rings. The number of anilines is 1. The monoisotopic (exact) mass is 374 g/mol. The van der Waals surface area contributed by atoms with Crippen molar-refractivity contribution < 1.29 is 9.53 Å². The van der Waals surface area contributed by atoms with Crippen molar-refractivity contribution in [2.75, 3.05) is 31.6 Å². The lowest BCUT2D eigenvalue weighted by Gasteiger charge is -2.26. The number of hydrogen-bond donors (Lipinski definition) is 1. The van der Waals surface area contributed by atoms with Crippen LogP contribution in [-0.2, 0) is 11.3 Å². The van der Waals surface area contributed by atoms with Crippen molar-refractivity contribution in [3.8, 4) is 0 Å². The van der Waals surface area contributed by atoms with E-state index in [0.717, 1.165) is 48.6 Å². The van der Waals surface area contributed by atoms with E-state index in [1.54, 1.807) is 0 Å². The Morgan fingerprint density at radius 1 is 1.13 bits per heavy atom. The van der Waals surface area contributed by atoms with E-state index >= 15 is 0 Å². The average molecular weight is 375 g/mol. The van der Waals surface area contributed by atoms with E-state index < -0.39 is 0 Å². The fraction of sp³-hybridized carbons (Fsp3) is 0.278. The zero-order valence-corrected chi connectivity index (χ0v) is 14.4. The van der Waals surface area contributed by atoms with Gasteiger partial charge in [-0.25, -0.2) is 0 Å². The third-order valence-electron chi connectivity index (χ3n) is 3.78. The molecule has 2 aromatic carbocycles. The first-order chi connectivity index (χ1) is 11.2. The second kappa shape index (κ2) is 7.73. The van der Waals surface area contributed by atoms with Crippen LogP contribution in [0.2, 0.25) is 0 Å². The fourth-order valence-electron chi connectivity index (χ4n) is 2.60. The molecule has 23 heavy (non-hydrogen) atoms. The topological polar surface area (TPSA) is 41.6 Å². The number of carbonyl (C=O) groups excluding carboxylic acids is 1. The second-order valence-corrected chi connectivity index (χ2v) is 6.47. The molecule has 0 saturated carbocycles. The number of hydrogen-bond acceptors (Lipinski definition) is 3. The number of morpholine rings is 1. The van der Waals surface area contributed by atoms with E-state index in [1.807, 2.05) is 42.5 Å². The van der Waals surface area contributed by atoms with Gasteiger partial charge >= 0.3 is 0 Å². The number of carbonyl (C=O) groups is 1. The molecule has 0 unspecified atom stereocenters. The number of benzene rings is 2. The van der Waals surface area contributed by atoms with Crippen LogP contribution >= 0.6 is 15.9 Å². The Morgan fingerprint density at radius 2 is 1.91 bits per heavy atom. The molecule has 0 aliphatic carbocycles. The molecule has 0 atom stereocenters. The number of nitrogens with one attached hydrogen (secondary N) is 1. The van der Waals surface area contributed by atoms with Gasteiger partial charge in [-0.05, 0) is 35.9 Å². The Kier molecular flexibility index (Phi) is 5.43. The summed E-state index contributed by atoms with van der Waals surface area (Å²) in [6.07, 6.45) is 0. The minimum absolute atomic E-state index is 0.0908. The van der Waals surface area contributed by atoms with Crippen LogP contribution in [0.25, 0.3) is 0 Å². The van der Waals surface area contributed by atoms with Crippen molar-refractivity contribution in [2.45, 2.75) is 6.54 Å². The summed E-state index contributed by atoms with van der Waals surface area (Å²) in [4.78, 5) is 14.8. The Hall–Kier alpha value is -1.69. The standard InChI is InChI=1S/C18H19BrN2O2/c19-16-5-2-6-17(12-16)20-18(22)15-4-1-3-14(11-15)13-21-7-9-23-10-8-21/h1-6,11-12H,7-10,13H2,(H,20,22). The highest BCUT2D eigenvalue weighted by Crippen LogP contribution is 2.17. The number of ether oxygens (including phenoxy) is 1. The second-order valence-electron chi connectivity index (χ2n) is 5.55. The summed E-state index contributed by atoms with van der Waals surface area (Å²) in [5.41, 5.74) is 2.60. The van der Waals surface area contributed by atoms with Gasteiger partial charge in [-0.1, -0.05) is 34.1 Å². The molecule has 1 amide bonds. The average Bonchev–Trinajstić information content (AvgIpc) is 2.56. The van der Waals surface area contributed by atoms with Crippen LogP contribution in [0, 0.1) is 0 Å². The van der Waals surface area contributed by atoms with Gasteiger partial charge in [0, 0.05) is 35.4 Å². The summed E-state index contributed by atoms with van der Waals surface area (Å²) in [6, 6.07) is 15.4. The van der Waals surface area contributed by atoms with E-state index in [2.05, 4.69) is 32.2 Å². The molecule has 0 radical (unpaired) electrons. The zero-order chi connectivity index (χ0) is 16.1. The molecule has 1 heterocycles. The van der Waals surface area contributed by atoms with Crippen LogP contribution in [-0.4, -0.2) is 37.1 Å². The van der Waals surface area contributed by atoms with Gasteiger partial charge in [-0.3, -0.25) is 9.69 Å². The van der Waals surface area contributed by atoms with Crippen LogP contribution in [0.1, 0.15) is 15.9 Å². The molecule has 1 fully saturated rings. The Morgan fingerprint density at radius 3 is 2.70 bits per heavy atom. The highest BCUT2D eigenvalue weighted by atomic mass is 79.9. The molecule has 0 aromatic heterocycles. The normalized spacial score (nSPS) is 15.3. The maximum Gasteiger partial charge on any atom is 0.255 e. The first kappa shape index (κ1) is 16.2. The maximum absolute atomic E-state index is 12.4. The predicted molar refractivity (Wildman–Crippen MR) is 94.6 cm³/mol. The van der Waals surface area contributed by atoms with Gasteiger partial charge in [-0.2, -0.15) is 0 Å². The fourth-order valence-corrected chi connectivity index (χ4v) is 3.00. The quantitative estimate of drug-likeness (QED) is 0.889. The molecule has 2 aromatic rings. The third-order valence-corrected chi connectivity index (χ3v) is 4.27.